The number of piperidine rings is 1. The van der Waals surface area contributed by atoms with E-state index in [0.29, 0.717) is 18.8 Å². The van der Waals surface area contributed by atoms with Gasteiger partial charge in [0.2, 0.25) is 0 Å². The molecule has 1 fully saturated rings. The number of benzene rings is 2. The summed E-state index contributed by atoms with van der Waals surface area (Å²) in [7, 11) is 0. The Bertz CT molecular complexity index is 1090. The lowest BCUT2D eigenvalue weighted by atomic mass is 9.84. The highest BCUT2D eigenvalue weighted by Crippen LogP contribution is 2.34. The number of hydrogen-bond donors (Lipinski definition) is 2. The largest absolute Gasteiger partial charge is 0.382 e. The molecule has 2 aromatic carbocycles. The second kappa shape index (κ2) is 9.70. The third-order valence-corrected chi connectivity index (χ3v) is 6.63. The highest BCUT2D eigenvalue weighted by Gasteiger charge is 2.42. The Morgan fingerprint density at radius 1 is 1.15 bits per heavy atom. The molecule has 3 aromatic rings. The highest BCUT2D eigenvalue weighted by molar-refractivity contribution is 6.30. The molecule has 2 atom stereocenters. The highest BCUT2D eigenvalue weighted by atomic mass is 35.5. The Hall–Kier alpha value is -2.62. The molecule has 1 saturated heterocycles. The summed E-state index contributed by atoms with van der Waals surface area (Å²) in [5, 5.41) is 19.2. The minimum absolute atomic E-state index is 0.00351. The first-order valence-electron chi connectivity index (χ1n) is 10.7. The first-order chi connectivity index (χ1) is 15.8. The summed E-state index contributed by atoms with van der Waals surface area (Å²) in [6.45, 7) is 3.02. The minimum Gasteiger partial charge on any atom is -0.382 e. The summed E-state index contributed by atoms with van der Waals surface area (Å²) < 4.78 is 43.5. The van der Waals surface area contributed by atoms with E-state index in [1.54, 1.807) is 6.07 Å². The van der Waals surface area contributed by atoms with E-state index < -0.39 is 29.1 Å². The molecule has 0 aliphatic carbocycles. The van der Waals surface area contributed by atoms with Gasteiger partial charge in [-0.3, -0.25) is 4.90 Å². The van der Waals surface area contributed by atoms with Crippen molar-refractivity contribution in [2.45, 2.75) is 44.0 Å². The Morgan fingerprint density at radius 2 is 1.91 bits per heavy atom. The van der Waals surface area contributed by atoms with E-state index in [2.05, 4.69) is 20.3 Å². The maximum absolute atomic E-state index is 14.8. The molecule has 6 nitrogen and oxygen atoms in total. The molecule has 0 bridgehead atoms. The van der Waals surface area contributed by atoms with Gasteiger partial charge < -0.3 is 10.4 Å². The molecule has 0 radical (unpaired) electrons. The van der Waals surface area contributed by atoms with Crippen LogP contribution in [0.4, 0.5) is 18.9 Å². The van der Waals surface area contributed by atoms with Crippen LogP contribution in [0.1, 0.15) is 25.3 Å². The van der Waals surface area contributed by atoms with E-state index in [4.69, 9.17) is 11.6 Å². The van der Waals surface area contributed by atoms with Crippen LogP contribution >= 0.6 is 11.6 Å². The van der Waals surface area contributed by atoms with Gasteiger partial charge in [0.05, 0.1) is 11.6 Å². The average Bonchev–Trinajstić information content (AvgIpc) is 3.29. The number of aromatic nitrogens is 3. The molecule has 10 heteroatoms. The summed E-state index contributed by atoms with van der Waals surface area (Å²) in [4.78, 5) is 5.97. The first-order valence-corrected chi connectivity index (χ1v) is 11.1. The van der Waals surface area contributed by atoms with Crippen LogP contribution in [0.25, 0.3) is 0 Å². The number of likely N-dealkylation sites (tertiary alicyclic amines) is 1. The van der Waals surface area contributed by atoms with Crippen molar-refractivity contribution in [3.05, 3.63) is 77.1 Å². The number of rotatable bonds is 7. The SMILES string of the molecule is C[C@@H](N1CCC(Nc2ccc(Cl)c(F)c2)CC1)[C@](O)(Cn1cncn1)c1ccc(F)cc1F. The second-order valence-corrected chi connectivity index (χ2v) is 8.81. The van der Waals surface area contributed by atoms with E-state index >= 15 is 0 Å². The summed E-state index contributed by atoms with van der Waals surface area (Å²) in [6, 6.07) is 7.41. The third kappa shape index (κ3) is 5.15. The Balaban J connectivity index is 1.49. The van der Waals surface area contributed by atoms with Gasteiger partial charge in [0.15, 0.2) is 0 Å². The molecule has 4 rings (SSSR count). The minimum atomic E-state index is -1.68. The summed E-state index contributed by atoms with van der Waals surface area (Å²) in [5.41, 5.74) is -1.02. The van der Waals surface area contributed by atoms with Gasteiger partial charge in [0.1, 0.15) is 35.7 Å². The van der Waals surface area contributed by atoms with Gasteiger partial charge in [-0.1, -0.05) is 17.7 Å². The molecule has 1 aliphatic heterocycles. The van der Waals surface area contributed by atoms with Crippen LogP contribution in [0.2, 0.25) is 5.02 Å². The van der Waals surface area contributed by atoms with Gasteiger partial charge in [-0.15, -0.1) is 0 Å². The fourth-order valence-corrected chi connectivity index (χ4v) is 4.52. The molecule has 0 amide bonds. The molecule has 2 heterocycles. The van der Waals surface area contributed by atoms with E-state index in [-0.39, 0.29) is 23.2 Å². The maximum atomic E-state index is 14.8. The zero-order valence-electron chi connectivity index (χ0n) is 18.1. The lowest BCUT2D eigenvalue weighted by Crippen LogP contribution is -2.55. The molecule has 0 unspecified atom stereocenters. The molecule has 0 saturated carbocycles. The number of hydrogen-bond acceptors (Lipinski definition) is 5. The average molecular weight is 480 g/mol. The molecular weight excluding hydrogens is 455 g/mol. The van der Waals surface area contributed by atoms with Crippen LogP contribution in [0.3, 0.4) is 0 Å². The summed E-state index contributed by atoms with van der Waals surface area (Å²) >= 11 is 5.75. The smallest absolute Gasteiger partial charge is 0.143 e. The fourth-order valence-electron chi connectivity index (χ4n) is 4.40. The standard InChI is InChI=1S/C23H25ClF3N5O/c1-15(31-8-6-17(7-9-31)30-18-3-5-20(24)22(27)11-18)23(33,12-32-14-28-13-29-32)19-4-2-16(25)10-21(19)26/h2-5,10-11,13-15,17,30,33H,6-9,12H2,1H3/t15-,23-/m1/s1. The molecule has 33 heavy (non-hydrogen) atoms. The van der Waals surface area contributed by atoms with Crippen molar-refractivity contribution < 1.29 is 18.3 Å². The van der Waals surface area contributed by atoms with E-state index in [1.807, 2.05) is 6.92 Å². The summed E-state index contributed by atoms with van der Waals surface area (Å²) in [5.74, 6) is -2.00. The predicted molar refractivity (Wildman–Crippen MR) is 119 cm³/mol. The van der Waals surface area contributed by atoms with Crippen LogP contribution in [-0.4, -0.2) is 49.9 Å². The number of aliphatic hydroxyl groups is 1. The summed E-state index contributed by atoms with van der Waals surface area (Å²) in [6.07, 6.45) is 4.25. The third-order valence-electron chi connectivity index (χ3n) is 6.33. The molecule has 2 N–H and O–H groups in total. The van der Waals surface area contributed by atoms with Gasteiger partial charge in [-0.25, -0.2) is 22.8 Å². The van der Waals surface area contributed by atoms with E-state index in [1.165, 1.54) is 35.5 Å². The lowest BCUT2D eigenvalue weighted by molar-refractivity contribution is -0.0686. The molecular formula is C23H25ClF3N5O. The number of nitrogens with one attached hydrogen (secondary N) is 1. The normalized spacial score (nSPS) is 18.1. The predicted octanol–water partition coefficient (Wildman–Crippen LogP) is 4.20. The van der Waals surface area contributed by atoms with Gasteiger partial charge in [-0.2, -0.15) is 5.10 Å². The quantitative estimate of drug-likeness (QED) is 0.531. The van der Waals surface area contributed by atoms with Gasteiger partial charge in [-0.05, 0) is 44.0 Å². The number of halogens is 4. The van der Waals surface area contributed by atoms with Crippen LogP contribution in [-0.2, 0) is 12.1 Å². The zero-order valence-corrected chi connectivity index (χ0v) is 18.8. The van der Waals surface area contributed by atoms with Crippen molar-refractivity contribution in [2.75, 3.05) is 18.4 Å². The topological polar surface area (TPSA) is 66.2 Å². The van der Waals surface area contributed by atoms with Crippen molar-refractivity contribution in [3.8, 4) is 0 Å². The zero-order chi connectivity index (χ0) is 23.6. The van der Waals surface area contributed by atoms with Gasteiger partial charge in [0, 0.05) is 42.5 Å². The lowest BCUT2D eigenvalue weighted by Gasteiger charge is -2.44. The van der Waals surface area contributed by atoms with Gasteiger partial charge >= 0.3 is 0 Å². The van der Waals surface area contributed by atoms with Crippen LogP contribution in [0.5, 0.6) is 0 Å². The van der Waals surface area contributed by atoms with E-state index in [0.717, 1.165) is 25.0 Å². The Labute approximate surface area is 195 Å². The number of nitrogens with zero attached hydrogens (tertiary/aromatic N) is 4. The number of anilines is 1. The Morgan fingerprint density at radius 3 is 2.55 bits per heavy atom. The van der Waals surface area contributed by atoms with E-state index in [9.17, 15) is 18.3 Å². The monoisotopic (exact) mass is 479 g/mol. The maximum Gasteiger partial charge on any atom is 0.143 e. The molecule has 1 aliphatic rings. The molecule has 176 valence electrons. The Kier molecular flexibility index (Phi) is 6.92. The first kappa shape index (κ1) is 23.5. The van der Waals surface area contributed by atoms with Crippen molar-refractivity contribution in [1.82, 2.24) is 19.7 Å². The molecule has 0 spiro atoms. The van der Waals surface area contributed by atoms with Gasteiger partial charge in [0.25, 0.3) is 0 Å². The van der Waals surface area contributed by atoms with Crippen molar-refractivity contribution >= 4 is 17.3 Å². The fraction of sp³-hybridized carbons (Fsp3) is 0.391. The van der Waals surface area contributed by atoms with Crippen LogP contribution < -0.4 is 5.32 Å². The molecule has 1 aromatic heterocycles. The van der Waals surface area contributed by atoms with Crippen LogP contribution in [0.15, 0.2) is 49.1 Å². The van der Waals surface area contributed by atoms with Crippen molar-refractivity contribution in [2.24, 2.45) is 0 Å². The van der Waals surface area contributed by atoms with Crippen LogP contribution in [0, 0.1) is 17.5 Å². The van der Waals surface area contributed by atoms with Crippen molar-refractivity contribution in [3.63, 3.8) is 0 Å². The van der Waals surface area contributed by atoms with Crippen molar-refractivity contribution in [1.29, 1.82) is 0 Å². The second-order valence-electron chi connectivity index (χ2n) is 8.40.